The Hall–Kier alpha value is -1.62. The fraction of sp³-hybridized carbons (Fsp3) is 0.600. The van der Waals surface area contributed by atoms with Crippen LogP contribution in [0.25, 0.3) is 0 Å². The van der Waals surface area contributed by atoms with Crippen molar-refractivity contribution >= 4 is 5.97 Å². The van der Waals surface area contributed by atoms with Gasteiger partial charge in [0.2, 0.25) is 11.2 Å². The van der Waals surface area contributed by atoms with E-state index in [1.54, 1.807) is 20.8 Å². The van der Waals surface area contributed by atoms with Gasteiger partial charge in [0, 0.05) is 12.7 Å². The Balaban J connectivity index is 0.000000276. The molecule has 1 saturated heterocycles. The molecule has 0 radical (unpaired) electrons. The summed E-state index contributed by atoms with van der Waals surface area (Å²) in [6.45, 7) is 8.07. The Bertz CT molecular complexity index is 483. The van der Waals surface area contributed by atoms with Crippen LogP contribution in [0, 0.1) is 12.8 Å². The molecule has 5 heteroatoms. The van der Waals surface area contributed by atoms with Crippen LogP contribution in [-0.4, -0.2) is 18.7 Å². The lowest BCUT2D eigenvalue weighted by Gasteiger charge is -2.06. The van der Waals surface area contributed by atoms with Crippen LogP contribution < -0.4 is 10.2 Å². The van der Waals surface area contributed by atoms with E-state index in [2.05, 4.69) is 6.92 Å². The highest BCUT2D eigenvalue weighted by atomic mass is 16.5. The lowest BCUT2D eigenvalue weighted by molar-refractivity contribution is -0.138. The second-order valence-electron chi connectivity index (χ2n) is 5.07. The molecule has 0 saturated carbocycles. The Labute approximate surface area is 118 Å². The molecule has 0 spiro atoms. The average Bonchev–Trinajstić information content (AvgIpc) is 2.85. The van der Waals surface area contributed by atoms with E-state index in [9.17, 15) is 9.59 Å². The molecule has 1 fully saturated rings. The molecule has 20 heavy (non-hydrogen) atoms. The quantitative estimate of drug-likeness (QED) is 0.780. The van der Waals surface area contributed by atoms with Gasteiger partial charge in [0.1, 0.15) is 5.76 Å². The second kappa shape index (κ2) is 7.85. The van der Waals surface area contributed by atoms with E-state index in [0.717, 1.165) is 6.61 Å². The topological polar surface area (TPSA) is 65.7 Å². The van der Waals surface area contributed by atoms with Crippen molar-refractivity contribution < 1.29 is 18.7 Å². The van der Waals surface area contributed by atoms with Crippen LogP contribution in [0.3, 0.4) is 0 Å². The van der Waals surface area contributed by atoms with Crippen LogP contribution in [-0.2, 0) is 9.53 Å². The largest absolute Gasteiger partial charge is 0.465 e. The normalized spacial score (nSPS) is 17.6. The molecule has 1 aliphatic rings. The highest BCUT2D eigenvalue weighted by Crippen LogP contribution is 2.12. The summed E-state index contributed by atoms with van der Waals surface area (Å²) < 4.78 is 15.0. The molecule has 1 atom stereocenters. The maximum atomic E-state index is 11.3. The molecule has 0 aromatic carbocycles. The van der Waals surface area contributed by atoms with Crippen molar-refractivity contribution in [2.75, 3.05) is 6.61 Å². The predicted octanol–water partition coefficient (Wildman–Crippen LogP) is 2.69. The van der Waals surface area contributed by atoms with E-state index < -0.39 is 5.97 Å². The highest BCUT2D eigenvalue weighted by Gasteiger charge is 2.14. The number of ether oxygens (including phenoxy) is 2. The minimum absolute atomic E-state index is 0.0220. The number of carbonyl (C=O) groups excluding carboxylic acids is 1. The zero-order valence-electron chi connectivity index (χ0n) is 12.5. The van der Waals surface area contributed by atoms with Crippen molar-refractivity contribution in [2.45, 2.75) is 46.6 Å². The van der Waals surface area contributed by atoms with Crippen molar-refractivity contribution in [3.05, 3.63) is 28.3 Å². The molecule has 0 bridgehead atoms. The third-order valence-electron chi connectivity index (χ3n) is 2.84. The monoisotopic (exact) mass is 282 g/mol. The summed E-state index contributed by atoms with van der Waals surface area (Å²) >= 11 is 0. The summed E-state index contributed by atoms with van der Waals surface area (Å²) in [6.07, 6.45) is 4.34. The van der Waals surface area contributed by atoms with Crippen molar-refractivity contribution in [1.29, 1.82) is 0 Å². The summed E-state index contributed by atoms with van der Waals surface area (Å²) in [7, 11) is 0. The summed E-state index contributed by atoms with van der Waals surface area (Å²) in [4.78, 5) is 22.5. The second-order valence-corrected chi connectivity index (χ2v) is 5.07. The first-order chi connectivity index (χ1) is 9.41. The maximum absolute atomic E-state index is 11.3. The minimum Gasteiger partial charge on any atom is -0.465 e. The summed E-state index contributed by atoms with van der Waals surface area (Å²) in [5, 5.41) is 0. The first-order valence-corrected chi connectivity index (χ1v) is 6.83. The molecule has 2 rings (SSSR count). The van der Waals surface area contributed by atoms with Crippen molar-refractivity contribution in [3.8, 4) is 5.75 Å². The number of hydrogen-bond acceptors (Lipinski definition) is 5. The van der Waals surface area contributed by atoms with Gasteiger partial charge in [0.25, 0.3) is 0 Å². The molecule has 0 amide bonds. The third-order valence-corrected chi connectivity index (χ3v) is 2.84. The van der Waals surface area contributed by atoms with E-state index in [1.165, 1.54) is 25.2 Å². The fourth-order valence-corrected chi connectivity index (χ4v) is 1.58. The van der Waals surface area contributed by atoms with Gasteiger partial charge in [-0.2, -0.15) is 0 Å². The molecular weight excluding hydrogens is 260 g/mol. The first-order valence-electron chi connectivity index (χ1n) is 6.83. The van der Waals surface area contributed by atoms with Crippen molar-refractivity contribution in [2.24, 2.45) is 5.92 Å². The molecule has 5 nitrogen and oxygen atoms in total. The lowest BCUT2D eigenvalue weighted by Crippen LogP contribution is -2.19. The zero-order valence-corrected chi connectivity index (χ0v) is 12.5. The van der Waals surface area contributed by atoms with Crippen LogP contribution >= 0.6 is 0 Å². The number of hydrogen-bond donors (Lipinski definition) is 0. The van der Waals surface area contributed by atoms with Gasteiger partial charge < -0.3 is 13.9 Å². The number of carbonyl (C=O) groups is 1. The minimum atomic E-state index is -0.438. The molecule has 1 aromatic heterocycles. The van der Waals surface area contributed by atoms with E-state index >= 15 is 0 Å². The molecule has 0 N–H and O–H groups in total. The van der Waals surface area contributed by atoms with Crippen LogP contribution in [0.15, 0.2) is 21.5 Å². The lowest BCUT2D eigenvalue weighted by atomic mass is 10.2. The van der Waals surface area contributed by atoms with Gasteiger partial charge in [-0.1, -0.05) is 13.8 Å². The average molecular weight is 282 g/mol. The zero-order chi connectivity index (χ0) is 15.1. The number of rotatable bonds is 2. The molecule has 1 aliphatic heterocycles. The van der Waals surface area contributed by atoms with E-state index in [-0.39, 0.29) is 17.1 Å². The van der Waals surface area contributed by atoms with Gasteiger partial charge in [0.05, 0.1) is 18.3 Å². The van der Waals surface area contributed by atoms with Crippen LogP contribution in [0.5, 0.6) is 5.75 Å². The van der Waals surface area contributed by atoms with E-state index in [0.29, 0.717) is 11.9 Å². The molecule has 0 aliphatic carbocycles. The molecule has 112 valence electrons. The van der Waals surface area contributed by atoms with Crippen molar-refractivity contribution in [1.82, 2.24) is 0 Å². The Morgan fingerprint density at radius 3 is 2.55 bits per heavy atom. The van der Waals surface area contributed by atoms with Crippen molar-refractivity contribution in [3.63, 3.8) is 0 Å². The highest BCUT2D eigenvalue weighted by molar-refractivity contribution is 5.74. The van der Waals surface area contributed by atoms with E-state index in [1.807, 2.05) is 0 Å². The molecule has 1 aromatic rings. The van der Waals surface area contributed by atoms with E-state index in [4.69, 9.17) is 13.9 Å². The Kier molecular flexibility index (Phi) is 6.45. The predicted molar refractivity (Wildman–Crippen MR) is 74.8 cm³/mol. The standard InChI is InChI=1S/C10H12O4.C5H10O/c1-6(2)10(12)14-9-7(3)13-5-4-8(9)11;1-5-3-2-4-6-5/h4-6H,1-3H3;5H,2-4H2,1H3. The first kappa shape index (κ1) is 16.4. The maximum Gasteiger partial charge on any atom is 0.314 e. The summed E-state index contributed by atoms with van der Waals surface area (Å²) in [6, 6.07) is 1.22. The summed E-state index contributed by atoms with van der Waals surface area (Å²) in [5.74, 6) is -0.418. The van der Waals surface area contributed by atoms with Gasteiger partial charge >= 0.3 is 5.97 Å². The summed E-state index contributed by atoms with van der Waals surface area (Å²) in [5.41, 5.74) is -0.345. The Morgan fingerprint density at radius 2 is 2.15 bits per heavy atom. The number of esters is 1. The van der Waals surface area contributed by atoms with Crippen LogP contribution in [0.2, 0.25) is 0 Å². The van der Waals surface area contributed by atoms with Gasteiger partial charge in [0.15, 0.2) is 0 Å². The SMILES string of the molecule is CC1CCCO1.Cc1occc(=O)c1OC(=O)C(C)C. The van der Waals surface area contributed by atoms with Gasteiger partial charge in [-0.15, -0.1) is 0 Å². The third kappa shape index (κ3) is 5.17. The van der Waals surface area contributed by atoms with Gasteiger partial charge in [-0.3, -0.25) is 9.59 Å². The molecule has 1 unspecified atom stereocenters. The van der Waals surface area contributed by atoms with Gasteiger partial charge in [-0.25, -0.2) is 0 Å². The number of aryl methyl sites for hydroxylation is 1. The fourth-order valence-electron chi connectivity index (χ4n) is 1.58. The Morgan fingerprint density at radius 1 is 1.45 bits per heavy atom. The molecule has 2 heterocycles. The molecular formula is C15H22O5. The van der Waals surface area contributed by atoms with Crippen LogP contribution in [0.4, 0.5) is 0 Å². The smallest absolute Gasteiger partial charge is 0.314 e. The van der Waals surface area contributed by atoms with Crippen LogP contribution in [0.1, 0.15) is 39.4 Å². The van der Waals surface area contributed by atoms with Gasteiger partial charge in [-0.05, 0) is 26.7 Å².